The molecule has 0 spiro atoms. The molecular weight excluding hydrogens is 252 g/mol. The van der Waals surface area contributed by atoms with Gasteiger partial charge in [0, 0.05) is 11.9 Å². The molecule has 1 aromatic heterocycles. The first-order chi connectivity index (χ1) is 9.77. The molecule has 2 amide bonds. The minimum Gasteiger partial charge on any atom is -0.269 e. The zero-order chi connectivity index (χ0) is 13.7. The van der Waals surface area contributed by atoms with Crippen molar-refractivity contribution in [3.63, 3.8) is 0 Å². The number of fused-ring (bicyclic) bond motifs is 2. The van der Waals surface area contributed by atoms with E-state index in [0.29, 0.717) is 11.1 Å². The molecule has 0 N–H and O–H groups in total. The third-order valence-corrected chi connectivity index (χ3v) is 4.08. The molecule has 20 heavy (non-hydrogen) atoms. The molecule has 0 saturated carbocycles. The summed E-state index contributed by atoms with van der Waals surface area (Å²) in [4.78, 5) is 30.7. The summed E-state index contributed by atoms with van der Waals surface area (Å²) in [7, 11) is 0. The zero-order valence-electron chi connectivity index (χ0n) is 10.7. The average Bonchev–Trinajstić information content (AvgIpc) is 3.01. The van der Waals surface area contributed by atoms with Gasteiger partial charge in [0.15, 0.2) is 0 Å². The van der Waals surface area contributed by atoms with Crippen LogP contribution in [0.25, 0.3) is 0 Å². The number of amides is 2. The van der Waals surface area contributed by atoms with Gasteiger partial charge in [-0.3, -0.25) is 19.5 Å². The third kappa shape index (κ3) is 1.39. The molecule has 0 fully saturated rings. The molecule has 4 rings (SSSR count). The van der Waals surface area contributed by atoms with Gasteiger partial charge in [-0.05, 0) is 36.6 Å². The van der Waals surface area contributed by atoms with Crippen LogP contribution >= 0.6 is 0 Å². The van der Waals surface area contributed by atoms with Gasteiger partial charge in [-0.15, -0.1) is 0 Å². The van der Waals surface area contributed by atoms with E-state index in [0.717, 1.165) is 24.1 Å². The zero-order valence-corrected chi connectivity index (χ0v) is 10.7. The van der Waals surface area contributed by atoms with Gasteiger partial charge in [-0.2, -0.15) is 0 Å². The highest BCUT2D eigenvalue weighted by molar-refractivity contribution is 6.21. The predicted octanol–water partition coefficient (Wildman–Crippen LogP) is 2.37. The Kier molecular flexibility index (Phi) is 2.27. The highest BCUT2D eigenvalue weighted by atomic mass is 16.2. The smallest absolute Gasteiger partial charge is 0.262 e. The van der Waals surface area contributed by atoms with Crippen LogP contribution < -0.4 is 0 Å². The molecule has 2 aromatic rings. The van der Waals surface area contributed by atoms with Crippen LogP contribution in [0, 0.1) is 0 Å². The van der Waals surface area contributed by atoms with E-state index in [9.17, 15) is 9.59 Å². The topological polar surface area (TPSA) is 50.3 Å². The van der Waals surface area contributed by atoms with Crippen LogP contribution in [-0.2, 0) is 6.42 Å². The molecule has 0 bridgehead atoms. The Morgan fingerprint density at radius 2 is 1.70 bits per heavy atom. The molecule has 0 unspecified atom stereocenters. The van der Waals surface area contributed by atoms with E-state index in [4.69, 9.17) is 0 Å². The first kappa shape index (κ1) is 11.3. The van der Waals surface area contributed by atoms with Crippen molar-refractivity contribution < 1.29 is 9.59 Å². The summed E-state index contributed by atoms with van der Waals surface area (Å²) in [5.74, 6) is -0.375. The van der Waals surface area contributed by atoms with Crippen LogP contribution in [-0.4, -0.2) is 21.7 Å². The fraction of sp³-hybridized carbons (Fsp3) is 0.188. The summed E-state index contributed by atoms with van der Waals surface area (Å²) < 4.78 is 0. The van der Waals surface area contributed by atoms with Crippen molar-refractivity contribution >= 4 is 11.8 Å². The van der Waals surface area contributed by atoms with Crippen LogP contribution in [0.4, 0.5) is 0 Å². The molecule has 1 aromatic carbocycles. The molecule has 98 valence electrons. The molecule has 1 atom stereocenters. The Labute approximate surface area is 116 Å². The molecule has 0 saturated heterocycles. The van der Waals surface area contributed by atoms with E-state index in [1.54, 1.807) is 30.5 Å². The third-order valence-electron chi connectivity index (χ3n) is 4.08. The summed E-state index contributed by atoms with van der Waals surface area (Å²) in [6.45, 7) is 0. The van der Waals surface area contributed by atoms with E-state index < -0.39 is 0 Å². The van der Waals surface area contributed by atoms with Gasteiger partial charge in [0.05, 0.1) is 17.2 Å². The minimum atomic E-state index is -0.188. The Morgan fingerprint density at radius 3 is 2.40 bits per heavy atom. The maximum atomic E-state index is 12.5. The van der Waals surface area contributed by atoms with Crippen LogP contribution in [0.1, 0.15) is 44.4 Å². The van der Waals surface area contributed by atoms with E-state index in [2.05, 4.69) is 4.98 Å². The molecular formula is C16H12N2O2. The number of carbonyl (C=O) groups excluding carboxylic acids is 2. The maximum absolute atomic E-state index is 12.5. The van der Waals surface area contributed by atoms with Crippen molar-refractivity contribution in [3.8, 4) is 0 Å². The predicted molar refractivity (Wildman–Crippen MR) is 72.2 cm³/mol. The molecule has 1 aliphatic heterocycles. The van der Waals surface area contributed by atoms with Crippen LogP contribution in [0.15, 0.2) is 42.6 Å². The first-order valence-corrected chi connectivity index (χ1v) is 6.68. The number of aromatic nitrogens is 1. The Bertz CT molecular complexity index is 704. The fourth-order valence-electron chi connectivity index (χ4n) is 3.15. The number of imide groups is 1. The number of rotatable bonds is 1. The van der Waals surface area contributed by atoms with E-state index in [1.807, 2.05) is 12.1 Å². The average molecular weight is 264 g/mol. The van der Waals surface area contributed by atoms with Gasteiger partial charge in [-0.25, -0.2) is 0 Å². The highest BCUT2D eigenvalue weighted by Gasteiger charge is 2.42. The van der Waals surface area contributed by atoms with Crippen molar-refractivity contribution in [1.82, 2.24) is 9.88 Å². The number of carbonyl (C=O) groups is 2. The normalized spacial score (nSPS) is 20.2. The maximum Gasteiger partial charge on any atom is 0.262 e. The second-order valence-electron chi connectivity index (χ2n) is 5.12. The van der Waals surface area contributed by atoms with Gasteiger partial charge < -0.3 is 0 Å². The molecule has 4 heteroatoms. The number of pyridine rings is 1. The van der Waals surface area contributed by atoms with E-state index in [-0.39, 0.29) is 17.9 Å². The second kappa shape index (κ2) is 4.00. The summed E-state index contributed by atoms with van der Waals surface area (Å²) in [5, 5.41) is 0. The molecule has 1 aliphatic carbocycles. The van der Waals surface area contributed by atoms with Crippen molar-refractivity contribution in [2.75, 3.05) is 0 Å². The van der Waals surface area contributed by atoms with Gasteiger partial charge in [0.2, 0.25) is 0 Å². The van der Waals surface area contributed by atoms with Crippen molar-refractivity contribution in [2.24, 2.45) is 0 Å². The van der Waals surface area contributed by atoms with Crippen molar-refractivity contribution in [1.29, 1.82) is 0 Å². The van der Waals surface area contributed by atoms with Gasteiger partial charge in [-0.1, -0.05) is 18.2 Å². The number of hydrogen-bond donors (Lipinski definition) is 0. The number of nitrogens with zero attached hydrogens (tertiary/aromatic N) is 2. The number of hydrogen-bond acceptors (Lipinski definition) is 3. The summed E-state index contributed by atoms with van der Waals surface area (Å²) in [6, 6.07) is 10.7. The lowest BCUT2D eigenvalue weighted by molar-refractivity contribution is 0.0582. The van der Waals surface area contributed by atoms with Crippen LogP contribution in [0.3, 0.4) is 0 Å². The van der Waals surface area contributed by atoms with Gasteiger partial charge in [0.25, 0.3) is 11.8 Å². The van der Waals surface area contributed by atoms with E-state index in [1.165, 1.54) is 4.90 Å². The van der Waals surface area contributed by atoms with Crippen molar-refractivity contribution in [2.45, 2.75) is 18.9 Å². The highest BCUT2D eigenvalue weighted by Crippen LogP contribution is 2.39. The summed E-state index contributed by atoms with van der Waals surface area (Å²) >= 11 is 0. The molecule has 2 heterocycles. The van der Waals surface area contributed by atoms with Crippen LogP contribution in [0.2, 0.25) is 0 Å². The summed E-state index contributed by atoms with van der Waals surface area (Å²) in [6.07, 6.45) is 3.33. The molecule has 0 radical (unpaired) electrons. The van der Waals surface area contributed by atoms with Gasteiger partial charge in [0.1, 0.15) is 0 Å². The monoisotopic (exact) mass is 264 g/mol. The lowest BCUT2D eigenvalue weighted by Crippen LogP contribution is -2.33. The lowest BCUT2D eigenvalue weighted by Gasteiger charge is -2.22. The van der Waals surface area contributed by atoms with Gasteiger partial charge >= 0.3 is 0 Å². The SMILES string of the molecule is O=C1c2ccccc2C(=O)N1[C@@H]1CCc2ncccc21. The number of aryl methyl sites for hydroxylation is 1. The Morgan fingerprint density at radius 1 is 1.00 bits per heavy atom. The number of benzene rings is 1. The Hall–Kier alpha value is -2.49. The molecule has 2 aliphatic rings. The second-order valence-corrected chi connectivity index (χ2v) is 5.12. The molecule has 4 nitrogen and oxygen atoms in total. The van der Waals surface area contributed by atoms with Crippen LogP contribution in [0.5, 0.6) is 0 Å². The first-order valence-electron chi connectivity index (χ1n) is 6.68. The minimum absolute atomic E-state index is 0.175. The van der Waals surface area contributed by atoms with E-state index >= 15 is 0 Å². The fourth-order valence-corrected chi connectivity index (χ4v) is 3.15. The lowest BCUT2D eigenvalue weighted by atomic mass is 10.1. The Balaban J connectivity index is 1.79. The largest absolute Gasteiger partial charge is 0.269 e. The van der Waals surface area contributed by atoms with Crippen molar-refractivity contribution in [3.05, 3.63) is 65.0 Å². The standard InChI is InChI=1S/C16H12N2O2/c19-15-10-4-1-2-5-11(10)16(20)18(15)14-8-7-13-12(14)6-3-9-17-13/h1-6,9,14H,7-8H2/t14-/m1/s1. The summed E-state index contributed by atoms with van der Waals surface area (Å²) in [5.41, 5.74) is 3.01. The quantitative estimate of drug-likeness (QED) is 0.743.